The van der Waals surface area contributed by atoms with Gasteiger partial charge in [0.25, 0.3) is 0 Å². The smallest absolute Gasteiger partial charge is 0.321 e. The van der Waals surface area contributed by atoms with Crippen LogP contribution in [0.4, 0.5) is 20.6 Å². The number of hydrogen-bond acceptors (Lipinski definition) is 3. The quantitative estimate of drug-likeness (QED) is 0.861. The highest BCUT2D eigenvalue weighted by molar-refractivity contribution is 5.94. The molecule has 0 unspecified atom stereocenters. The van der Waals surface area contributed by atoms with Crippen LogP contribution in [0, 0.1) is 11.7 Å². The number of amides is 3. The van der Waals surface area contributed by atoms with Gasteiger partial charge in [-0.2, -0.15) is 0 Å². The molecule has 0 saturated carbocycles. The standard InChI is InChI=1S/C20H22FN3O3/c1-27-18-10-8-16(9-11-18)22-19(25)14-3-2-12-24(13-14)20(26)23-17-6-4-15(21)5-7-17/h4-11,14H,2-3,12-13H2,1H3,(H,22,25)(H,23,26)/t14-/m0/s1. The molecule has 2 aromatic rings. The van der Waals surface area contributed by atoms with E-state index in [1.54, 1.807) is 36.3 Å². The van der Waals surface area contributed by atoms with E-state index in [9.17, 15) is 14.0 Å². The average Bonchev–Trinajstić information content (AvgIpc) is 2.70. The number of ether oxygens (including phenoxy) is 1. The number of benzene rings is 2. The first-order valence-corrected chi connectivity index (χ1v) is 8.81. The van der Waals surface area contributed by atoms with Crippen molar-refractivity contribution in [2.24, 2.45) is 5.92 Å². The maximum Gasteiger partial charge on any atom is 0.321 e. The third-order valence-corrected chi connectivity index (χ3v) is 4.53. The molecule has 1 heterocycles. The SMILES string of the molecule is COc1ccc(NC(=O)[C@H]2CCCN(C(=O)Nc3ccc(F)cc3)C2)cc1. The second kappa shape index (κ2) is 8.53. The maximum atomic E-state index is 13.0. The summed E-state index contributed by atoms with van der Waals surface area (Å²) < 4.78 is 18.1. The highest BCUT2D eigenvalue weighted by Crippen LogP contribution is 2.21. The number of carbonyl (C=O) groups excluding carboxylic acids is 2. The van der Waals surface area contributed by atoms with E-state index in [0.29, 0.717) is 30.2 Å². The van der Waals surface area contributed by atoms with E-state index in [1.807, 2.05) is 0 Å². The lowest BCUT2D eigenvalue weighted by Crippen LogP contribution is -2.45. The highest BCUT2D eigenvalue weighted by atomic mass is 19.1. The lowest BCUT2D eigenvalue weighted by molar-refractivity contribution is -0.121. The number of nitrogens with one attached hydrogen (secondary N) is 2. The maximum absolute atomic E-state index is 13.0. The molecule has 0 bridgehead atoms. The van der Waals surface area contributed by atoms with Crippen molar-refractivity contribution in [3.05, 3.63) is 54.3 Å². The van der Waals surface area contributed by atoms with Crippen LogP contribution in [-0.4, -0.2) is 37.0 Å². The van der Waals surface area contributed by atoms with Crippen molar-refractivity contribution in [2.45, 2.75) is 12.8 Å². The van der Waals surface area contributed by atoms with E-state index in [0.717, 1.165) is 12.8 Å². The Labute approximate surface area is 157 Å². The molecule has 0 aliphatic carbocycles. The summed E-state index contributed by atoms with van der Waals surface area (Å²) in [6.45, 7) is 0.925. The lowest BCUT2D eigenvalue weighted by Gasteiger charge is -2.32. The number of hydrogen-bond donors (Lipinski definition) is 2. The molecule has 0 radical (unpaired) electrons. The molecule has 27 heavy (non-hydrogen) atoms. The molecule has 1 fully saturated rings. The zero-order valence-corrected chi connectivity index (χ0v) is 15.1. The van der Waals surface area contributed by atoms with Crippen molar-refractivity contribution >= 4 is 23.3 Å². The van der Waals surface area contributed by atoms with E-state index in [1.165, 1.54) is 24.3 Å². The van der Waals surface area contributed by atoms with Crippen LogP contribution in [0.25, 0.3) is 0 Å². The fourth-order valence-corrected chi connectivity index (χ4v) is 3.03. The summed E-state index contributed by atoms with van der Waals surface area (Å²) in [7, 11) is 1.58. The second-order valence-corrected chi connectivity index (χ2v) is 6.44. The largest absolute Gasteiger partial charge is 0.497 e. The number of carbonyl (C=O) groups is 2. The number of piperidine rings is 1. The van der Waals surface area contributed by atoms with Crippen molar-refractivity contribution in [1.29, 1.82) is 0 Å². The van der Waals surface area contributed by atoms with Crippen molar-refractivity contribution in [2.75, 3.05) is 30.8 Å². The van der Waals surface area contributed by atoms with E-state index in [4.69, 9.17) is 4.74 Å². The predicted octanol–water partition coefficient (Wildman–Crippen LogP) is 3.72. The van der Waals surface area contributed by atoms with Gasteiger partial charge in [-0.3, -0.25) is 4.79 Å². The molecule has 1 aliphatic heterocycles. The van der Waals surface area contributed by atoms with Crippen LogP contribution in [0.3, 0.4) is 0 Å². The first-order valence-electron chi connectivity index (χ1n) is 8.81. The average molecular weight is 371 g/mol. The third-order valence-electron chi connectivity index (χ3n) is 4.53. The molecule has 1 atom stereocenters. The van der Waals surface area contributed by atoms with Gasteiger partial charge in [-0.05, 0) is 61.4 Å². The zero-order chi connectivity index (χ0) is 19.2. The molecular formula is C20H22FN3O3. The van der Waals surface area contributed by atoms with Gasteiger partial charge in [-0.25, -0.2) is 9.18 Å². The molecule has 2 aromatic carbocycles. The van der Waals surface area contributed by atoms with Gasteiger partial charge < -0.3 is 20.3 Å². The second-order valence-electron chi connectivity index (χ2n) is 6.44. The number of rotatable bonds is 4. The van der Waals surface area contributed by atoms with Crippen molar-refractivity contribution < 1.29 is 18.7 Å². The van der Waals surface area contributed by atoms with Crippen molar-refractivity contribution in [1.82, 2.24) is 4.90 Å². The van der Waals surface area contributed by atoms with E-state index >= 15 is 0 Å². The Morgan fingerprint density at radius 1 is 1.04 bits per heavy atom. The summed E-state index contributed by atoms with van der Waals surface area (Å²) in [5.41, 5.74) is 1.21. The monoisotopic (exact) mass is 371 g/mol. The van der Waals surface area contributed by atoms with Crippen LogP contribution < -0.4 is 15.4 Å². The summed E-state index contributed by atoms with van der Waals surface area (Å²) in [6.07, 6.45) is 1.47. The Kier molecular flexibility index (Phi) is 5.90. The topological polar surface area (TPSA) is 70.7 Å². The van der Waals surface area contributed by atoms with Crippen LogP contribution in [0.1, 0.15) is 12.8 Å². The molecule has 1 saturated heterocycles. The number of urea groups is 1. The molecule has 0 aromatic heterocycles. The first-order chi connectivity index (χ1) is 13.0. The first kappa shape index (κ1) is 18.7. The van der Waals surface area contributed by atoms with E-state index < -0.39 is 0 Å². The van der Waals surface area contributed by atoms with Crippen LogP contribution in [-0.2, 0) is 4.79 Å². The molecular weight excluding hydrogens is 349 g/mol. The summed E-state index contributed by atoms with van der Waals surface area (Å²) in [4.78, 5) is 26.6. The van der Waals surface area contributed by atoms with Gasteiger partial charge in [0.2, 0.25) is 5.91 Å². The van der Waals surface area contributed by atoms with Crippen molar-refractivity contribution in [3.8, 4) is 5.75 Å². The minimum Gasteiger partial charge on any atom is -0.497 e. The van der Waals surface area contributed by atoms with Gasteiger partial charge >= 0.3 is 6.03 Å². The van der Waals surface area contributed by atoms with Crippen LogP contribution in [0.2, 0.25) is 0 Å². The molecule has 1 aliphatic rings. The Hall–Kier alpha value is -3.09. The van der Waals surface area contributed by atoms with Gasteiger partial charge in [-0.1, -0.05) is 0 Å². The zero-order valence-electron chi connectivity index (χ0n) is 15.1. The fraction of sp³-hybridized carbons (Fsp3) is 0.300. The van der Waals surface area contributed by atoms with Gasteiger partial charge in [0, 0.05) is 24.5 Å². The van der Waals surface area contributed by atoms with E-state index in [2.05, 4.69) is 10.6 Å². The minimum absolute atomic E-state index is 0.112. The summed E-state index contributed by atoms with van der Waals surface area (Å²) in [6, 6.07) is 12.4. The Bertz CT molecular complexity index is 793. The van der Waals surface area contributed by atoms with Crippen LogP contribution >= 0.6 is 0 Å². The number of methoxy groups -OCH3 is 1. The minimum atomic E-state index is -0.360. The fourth-order valence-electron chi connectivity index (χ4n) is 3.03. The van der Waals surface area contributed by atoms with Gasteiger partial charge in [-0.15, -0.1) is 0 Å². The molecule has 3 rings (SSSR count). The van der Waals surface area contributed by atoms with Gasteiger partial charge in [0.1, 0.15) is 11.6 Å². The molecule has 142 valence electrons. The summed E-state index contributed by atoms with van der Waals surface area (Å²) in [5.74, 6) is -0.0326. The number of halogens is 1. The number of likely N-dealkylation sites (tertiary alicyclic amines) is 1. The Morgan fingerprint density at radius 2 is 1.67 bits per heavy atom. The van der Waals surface area contributed by atoms with Crippen LogP contribution in [0.15, 0.2) is 48.5 Å². The van der Waals surface area contributed by atoms with Crippen LogP contribution in [0.5, 0.6) is 5.75 Å². The lowest BCUT2D eigenvalue weighted by atomic mass is 9.97. The van der Waals surface area contributed by atoms with Gasteiger partial charge in [0.15, 0.2) is 0 Å². The molecule has 2 N–H and O–H groups in total. The Morgan fingerprint density at radius 3 is 2.33 bits per heavy atom. The van der Waals surface area contributed by atoms with E-state index in [-0.39, 0.29) is 23.7 Å². The summed E-state index contributed by atoms with van der Waals surface area (Å²) >= 11 is 0. The molecule has 7 heteroatoms. The summed E-state index contributed by atoms with van der Waals surface area (Å²) in [5, 5.41) is 5.62. The third kappa shape index (κ3) is 4.97. The normalized spacial score (nSPS) is 16.5. The van der Waals surface area contributed by atoms with Gasteiger partial charge in [0.05, 0.1) is 13.0 Å². The van der Waals surface area contributed by atoms with Crippen molar-refractivity contribution in [3.63, 3.8) is 0 Å². The molecule has 0 spiro atoms. The molecule has 6 nitrogen and oxygen atoms in total. The number of nitrogens with zero attached hydrogens (tertiary/aromatic N) is 1. The molecule has 3 amide bonds. The Balaban J connectivity index is 1.56. The number of anilines is 2. The predicted molar refractivity (Wildman–Crippen MR) is 101 cm³/mol. The highest BCUT2D eigenvalue weighted by Gasteiger charge is 2.28.